The van der Waals surface area contributed by atoms with E-state index in [0.717, 1.165) is 24.1 Å². The smallest absolute Gasteiger partial charge is 0.255 e. The zero-order valence-corrected chi connectivity index (χ0v) is 17.9. The van der Waals surface area contributed by atoms with E-state index in [2.05, 4.69) is 15.1 Å². The predicted molar refractivity (Wildman–Crippen MR) is 114 cm³/mol. The SMILES string of the molecule is Cc1c(C(=O)NCc2ccc(S(=O)(=O)NC3CC3)cc2)cnn1-c1cccc(Cl)c1. The number of aromatic nitrogens is 2. The first kappa shape index (κ1) is 20.6. The van der Waals surface area contributed by atoms with Crippen molar-refractivity contribution < 1.29 is 13.2 Å². The summed E-state index contributed by atoms with van der Waals surface area (Å²) in [7, 11) is -3.48. The van der Waals surface area contributed by atoms with Crippen LogP contribution in [0.4, 0.5) is 0 Å². The van der Waals surface area contributed by atoms with Crippen molar-refractivity contribution in [1.82, 2.24) is 19.8 Å². The Balaban J connectivity index is 1.41. The van der Waals surface area contributed by atoms with Gasteiger partial charge in [-0.15, -0.1) is 0 Å². The van der Waals surface area contributed by atoms with E-state index in [1.54, 1.807) is 41.1 Å². The van der Waals surface area contributed by atoms with Gasteiger partial charge in [0.2, 0.25) is 10.0 Å². The van der Waals surface area contributed by atoms with E-state index in [-0.39, 0.29) is 23.4 Å². The molecule has 0 radical (unpaired) electrons. The molecule has 1 amide bonds. The van der Waals surface area contributed by atoms with Crippen LogP contribution in [-0.2, 0) is 16.6 Å². The van der Waals surface area contributed by atoms with Gasteiger partial charge in [0.15, 0.2) is 0 Å². The largest absolute Gasteiger partial charge is 0.348 e. The molecular formula is C21H21ClN4O3S. The molecule has 1 fully saturated rings. The summed E-state index contributed by atoms with van der Waals surface area (Å²) in [5, 5.41) is 7.73. The Morgan fingerprint density at radius 2 is 1.93 bits per heavy atom. The second-order valence-electron chi connectivity index (χ2n) is 7.26. The normalized spacial score (nSPS) is 13.9. The standard InChI is InChI=1S/C21H21ClN4O3S/c1-14-20(13-24-26(14)18-4-2-3-16(22)11-18)21(27)23-12-15-5-9-19(10-6-15)30(28,29)25-17-7-8-17/h2-6,9-11,13,17,25H,7-8,12H2,1H3,(H,23,27). The van der Waals surface area contributed by atoms with E-state index in [4.69, 9.17) is 11.6 Å². The quantitative estimate of drug-likeness (QED) is 0.585. The first-order valence-corrected chi connectivity index (χ1v) is 11.4. The number of sulfonamides is 1. The summed E-state index contributed by atoms with van der Waals surface area (Å²) in [6.45, 7) is 2.09. The lowest BCUT2D eigenvalue weighted by atomic mass is 10.2. The van der Waals surface area contributed by atoms with E-state index in [0.29, 0.717) is 16.3 Å². The molecule has 7 nitrogen and oxygen atoms in total. The molecule has 30 heavy (non-hydrogen) atoms. The van der Waals surface area contributed by atoms with Crippen molar-refractivity contribution in [2.75, 3.05) is 0 Å². The van der Waals surface area contributed by atoms with Crippen molar-refractivity contribution in [3.63, 3.8) is 0 Å². The molecule has 9 heteroatoms. The van der Waals surface area contributed by atoms with Crippen LogP contribution in [0.3, 0.4) is 0 Å². The molecule has 0 aliphatic heterocycles. The van der Waals surface area contributed by atoms with Crippen molar-refractivity contribution in [1.29, 1.82) is 0 Å². The fourth-order valence-corrected chi connectivity index (χ4v) is 4.54. The minimum absolute atomic E-state index is 0.0602. The Bertz CT molecular complexity index is 1190. The van der Waals surface area contributed by atoms with E-state index in [9.17, 15) is 13.2 Å². The molecule has 0 spiro atoms. The van der Waals surface area contributed by atoms with E-state index >= 15 is 0 Å². The first-order chi connectivity index (χ1) is 14.3. The lowest BCUT2D eigenvalue weighted by Gasteiger charge is -2.08. The summed E-state index contributed by atoms with van der Waals surface area (Å²) < 4.78 is 28.8. The molecule has 4 rings (SSSR count). The highest BCUT2D eigenvalue weighted by Crippen LogP contribution is 2.22. The number of carbonyl (C=O) groups excluding carboxylic acids is 1. The number of amides is 1. The molecule has 2 N–H and O–H groups in total. The highest BCUT2D eigenvalue weighted by molar-refractivity contribution is 7.89. The molecular weight excluding hydrogens is 424 g/mol. The summed E-state index contributed by atoms with van der Waals surface area (Å²) in [6.07, 6.45) is 3.29. The Morgan fingerprint density at radius 3 is 2.60 bits per heavy atom. The second-order valence-corrected chi connectivity index (χ2v) is 9.41. The van der Waals surface area contributed by atoms with Gasteiger partial charge < -0.3 is 5.32 Å². The maximum atomic E-state index is 12.6. The van der Waals surface area contributed by atoms with E-state index in [1.165, 1.54) is 6.20 Å². The van der Waals surface area contributed by atoms with Crippen LogP contribution in [0.5, 0.6) is 0 Å². The van der Waals surface area contributed by atoms with Crippen LogP contribution in [0.25, 0.3) is 5.69 Å². The number of nitrogens with zero attached hydrogens (tertiary/aromatic N) is 2. The number of benzene rings is 2. The molecule has 156 valence electrons. The molecule has 1 aliphatic rings. The van der Waals surface area contributed by atoms with Crippen molar-refractivity contribution in [2.45, 2.75) is 37.2 Å². The van der Waals surface area contributed by atoms with Gasteiger partial charge in [0.05, 0.1) is 28.0 Å². The Hall–Kier alpha value is -2.68. The van der Waals surface area contributed by atoms with Gasteiger partial charge in [-0.2, -0.15) is 5.10 Å². The second kappa shape index (κ2) is 8.22. The van der Waals surface area contributed by atoms with E-state index < -0.39 is 10.0 Å². The van der Waals surface area contributed by atoms with Gasteiger partial charge in [-0.25, -0.2) is 17.8 Å². The summed E-state index contributed by atoms with van der Waals surface area (Å²) in [4.78, 5) is 12.8. The molecule has 0 saturated heterocycles. The minimum atomic E-state index is -3.48. The van der Waals surface area contributed by atoms with Crippen molar-refractivity contribution >= 4 is 27.5 Å². The van der Waals surface area contributed by atoms with Crippen molar-refractivity contribution in [3.05, 3.63) is 76.6 Å². The molecule has 1 aromatic heterocycles. The molecule has 1 heterocycles. The average molecular weight is 445 g/mol. The summed E-state index contributed by atoms with van der Waals surface area (Å²) >= 11 is 6.04. The molecule has 1 aliphatic carbocycles. The number of hydrogen-bond donors (Lipinski definition) is 2. The average Bonchev–Trinajstić information content (AvgIpc) is 3.44. The van der Waals surface area contributed by atoms with Gasteiger partial charge >= 0.3 is 0 Å². The van der Waals surface area contributed by atoms with Gasteiger partial charge in [-0.05, 0) is 55.7 Å². The monoisotopic (exact) mass is 444 g/mol. The third-order valence-electron chi connectivity index (χ3n) is 4.89. The molecule has 0 atom stereocenters. The van der Waals surface area contributed by atoms with Gasteiger partial charge in [-0.3, -0.25) is 4.79 Å². The maximum absolute atomic E-state index is 12.6. The highest BCUT2D eigenvalue weighted by atomic mass is 35.5. The van der Waals surface area contributed by atoms with Crippen LogP contribution in [0.1, 0.15) is 34.5 Å². The molecule has 0 bridgehead atoms. The summed E-state index contributed by atoms with van der Waals surface area (Å²) in [6, 6.07) is 13.8. The van der Waals surface area contributed by atoms with Gasteiger partial charge in [0.1, 0.15) is 0 Å². The molecule has 1 saturated carbocycles. The first-order valence-electron chi connectivity index (χ1n) is 9.53. The van der Waals surface area contributed by atoms with Crippen LogP contribution in [0, 0.1) is 6.92 Å². The van der Waals surface area contributed by atoms with Crippen molar-refractivity contribution in [2.24, 2.45) is 0 Å². The van der Waals surface area contributed by atoms with Crippen molar-refractivity contribution in [3.8, 4) is 5.69 Å². The summed E-state index contributed by atoms with van der Waals surface area (Å²) in [5.41, 5.74) is 2.73. The third-order valence-corrected chi connectivity index (χ3v) is 6.66. The Morgan fingerprint density at radius 1 is 1.20 bits per heavy atom. The van der Waals surface area contributed by atoms with Crippen LogP contribution in [0.2, 0.25) is 5.02 Å². The predicted octanol–water partition coefficient (Wildman–Crippen LogP) is 3.20. The number of halogens is 1. The minimum Gasteiger partial charge on any atom is -0.348 e. The van der Waals surface area contributed by atoms with Gasteiger partial charge in [0.25, 0.3) is 5.91 Å². The lowest BCUT2D eigenvalue weighted by Crippen LogP contribution is -2.26. The number of rotatable bonds is 7. The molecule has 2 aromatic carbocycles. The third kappa shape index (κ3) is 4.56. The van der Waals surface area contributed by atoms with E-state index in [1.807, 2.05) is 19.1 Å². The van der Waals surface area contributed by atoms with Crippen LogP contribution in [0.15, 0.2) is 59.6 Å². The van der Waals surface area contributed by atoms with Crippen LogP contribution in [-0.4, -0.2) is 30.1 Å². The Labute approximate surface area is 180 Å². The summed E-state index contributed by atoms with van der Waals surface area (Å²) in [5.74, 6) is -0.257. The highest BCUT2D eigenvalue weighted by Gasteiger charge is 2.27. The number of nitrogens with one attached hydrogen (secondary N) is 2. The zero-order valence-electron chi connectivity index (χ0n) is 16.3. The maximum Gasteiger partial charge on any atom is 0.255 e. The van der Waals surface area contributed by atoms with Gasteiger partial charge in [0, 0.05) is 17.6 Å². The molecule has 3 aromatic rings. The molecule has 0 unspecified atom stereocenters. The fraction of sp³-hybridized carbons (Fsp3) is 0.238. The fourth-order valence-electron chi connectivity index (χ4n) is 3.05. The Kier molecular flexibility index (Phi) is 5.64. The zero-order chi connectivity index (χ0) is 21.3. The van der Waals surface area contributed by atoms with Crippen LogP contribution < -0.4 is 10.0 Å². The number of hydrogen-bond acceptors (Lipinski definition) is 4. The lowest BCUT2D eigenvalue weighted by molar-refractivity contribution is 0.0950. The van der Waals surface area contributed by atoms with Crippen LogP contribution >= 0.6 is 11.6 Å². The van der Waals surface area contributed by atoms with Gasteiger partial charge in [-0.1, -0.05) is 29.8 Å². The number of carbonyl (C=O) groups is 1. The topological polar surface area (TPSA) is 93.1 Å².